The first-order chi connectivity index (χ1) is 10.2. The summed E-state index contributed by atoms with van der Waals surface area (Å²) in [5, 5.41) is 2.64. The van der Waals surface area contributed by atoms with Crippen LogP contribution in [-0.2, 0) is 21.2 Å². The number of carbonyl (C=O) groups is 1. The number of aromatic nitrogens is 1. The molecule has 0 bridgehead atoms. The van der Waals surface area contributed by atoms with Gasteiger partial charge in [-0.3, -0.25) is 9.52 Å². The molecule has 0 saturated heterocycles. The monoisotopic (exact) mass is 339 g/mol. The summed E-state index contributed by atoms with van der Waals surface area (Å²) in [6, 6.07) is 6.95. The van der Waals surface area contributed by atoms with Gasteiger partial charge in [0.15, 0.2) is 0 Å². The summed E-state index contributed by atoms with van der Waals surface area (Å²) in [4.78, 5) is 17.6. The molecule has 0 saturated carbocycles. The van der Waals surface area contributed by atoms with Crippen LogP contribution in [0.4, 0.5) is 5.69 Å². The lowest BCUT2D eigenvalue weighted by Crippen LogP contribution is -2.23. The molecule has 0 fully saturated rings. The number of thiazole rings is 1. The van der Waals surface area contributed by atoms with Gasteiger partial charge in [0.2, 0.25) is 15.9 Å². The number of carbonyl (C=O) groups excluding carboxylic acids is 1. The highest BCUT2D eigenvalue weighted by Gasteiger charge is 2.11. The molecule has 1 aromatic carbocycles. The molecule has 1 aromatic heterocycles. The summed E-state index contributed by atoms with van der Waals surface area (Å²) in [7, 11) is 0.147. The smallest absolute Gasteiger partial charge is 0.229 e. The molecular formula is C14H17N3O3S2. The summed E-state index contributed by atoms with van der Waals surface area (Å²) >= 11 is 1.43. The largest absolute Gasteiger partial charge is 0.348 e. The van der Waals surface area contributed by atoms with Crippen LogP contribution in [-0.4, -0.2) is 44.6 Å². The first-order valence-corrected chi connectivity index (χ1v) is 9.24. The summed E-state index contributed by atoms with van der Waals surface area (Å²) < 4.78 is 24.7. The van der Waals surface area contributed by atoms with E-state index in [1.165, 1.54) is 16.2 Å². The molecule has 0 atom stereocenters. The molecule has 0 aliphatic carbocycles. The topological polar surface area (TPSA) is 79.4 Å². The number of amides is 1. The van der Waals surface area contributed by atoms with Crippen molar-refractivity contribution in [2.75, 3.05) is 25.1 Å². The Morgan fingerprint density at radius 1 is 1.27 bits per heavy atom. The van der Waals surface area contributed by atoms with Crippen molar-refractivity contribution in [2.24, 2.45) is 0 Å². The zero-order chi connectivity index (χ0) is 16.3. The van der Waals surface area contributed by atoms with Crippen molar-refractivity contribution in [3.8, 4) is 11.3 Å². The minimum absolute atomic E-state index is 0.00796. The number of nitrogens with zero attached hydrogens (tertiary/aromatic N) is 2. The van der Waals surface area contributed by atoms with E-state index in [1.807, 2.05) is 5.38 Å². The van der Waals surface area contributed by atoms with E-state index in [4.69, 9.17) is 0 Å². The standard InChI is InChI=1S/C14H17N3O3S2/c1-17(2)14(18)8-13-15-12(9-21-13)10-4-6-11(7-5-10)16-22(3,19)20/h4-7,9,16H,8H2,1-3H3. The number of sulfonamides is 1. The molecule has 6 nitrogen and oxygen atoms in total. The predicted octanol–water partition coefficient (Wildman–Crippen LogP) is 1.81. The van der Waals surface area contributed by atoms with Crippen LogP contribution in [0.25, 0.3) is 11.3 Å². The Hall–Kier alpha value is -1.93. The van der Waals surface area contributed by atoms with Gasteiger partial charge in [-0.1, -0.05) is 12.1 Å². The average molecular weight is 339 g/mol. The number of rotatable bonds is 5. The van der Waals surface area contributed by atoms with Gasteiger partial charge in [-0.25, -0.2) is 13.4 Å². The first-order valence-electron chi connectivity index (χ1n) is 6.47. The van der Waals surface area contributed by atoms with E-state index >= 15 is 0 Å². The quantitative estimate of drug-likeness (QED) is 0.901. The highest BCUT2D eigenvalue weighted by molar-refractivity contribution is 7.92. The molecular weight excluding hydrogens is 322 g/mol. The Morgan fingerprint density at radius 3 is 2.45 bits per heavy atom. The van der Waals surface area contributed by atoms with Gasteiger partial charge in [-0.15, -0.1) is 11.3 Å². The van der Waals surface area contributed by atoms with E-state index in [9.17, 15) is 13.2 Å². The second kappa shape index (κ2) is 6.45. The van der Waals surface area contributed by atoms with E-state index < -0.39 is 10.0 Å². The molecule has 0 unspecified atom stereocenters. The molecule has 1 amide bonds. The lowest BCUT2D eigenvalue weighted by Gasteiger charge is -2.07. The van der Waals surface area contributed by atoms with E-state index in [-0.39, 0.29) is 12.3 Å². The molecule has 0 spiro atoms. The Labute approximate surface area is 133 Å². The second-order valence-corrected chi connectivity index (χ2v) is 7.73. The van der Waals surface area contributed by atoms with Gasteiger partial charge >= 0.3 is 0 Å². The predicted molar refractivity (Wildman–Crippen MR) is 88.4 cm³/mol. The Kier molecular flexibility index (Phi) is 4.82. The van der Waals surface area contributed by atoms with Crippen molar-refractivity contribution in [2.45, 2.75) is 6.42 Å². The molecule has 2 aromatic rings. The van der Waals surface area contributed by atoms with E-state index in [2.05, 4.69) is 9.71 Å². The van der Waals surface area contributed by atoms with Gasteiger partial charge in [0, 0.05) is 30.7 Å². The van der Waals surface area contributed by atoms with Crippen LogP contribution in [0.1, 0.15) is 5.01 Å². The van der Waals surface area contributed by atoms with Crippen LogP contribution in [0.15, 0.2) is 29.6 Å². The van der Waals surface area contributed by atoms with Crippen molar-refractivity contribution in [3.05, 3.63) is 34.7 Å². The SMILES string of the molecule is CN(C)C(=O)Cc1nc(-c2ccc(NS(C)(=O)=O)cc2)cs1. The Bertz CT molecular complexity index is 765. The molecule has 0 aliphatic rings. The normalized spacial score (nSPS) is 11.2. The fraction of sp³-hybridized carbons (Fsp3) is 0.286. The summed E-state index contributed by atoms with van der Waals surface area (Å²) in [5.74, 6) is 0.00796. The number of benzene rings is 1. The van der Waals surface area contributed by atoms with Gasteiger partial charge in [0.25, 0.3) is 0 Å². The number of likely N-dealkylation sites (N-methyl/N-ethyl adjacent to an activating group) is 1. The third kappa shape index (κ3) is 4.54. The highest BCUT2D eigenvalue weighted by atomic mass is 32.2. The maximum atomic E-state index is 11.7. The minimum atomic E-state index is -3.28. The number of anilines is 1. The van der Waals surface area contributed by atoms with Gasteiger partial charge in [-0.2, -0.15) is 0 Å². The van der Waals surface area contributed by atoms with Crippen molar-refractivity contribution >= 4 is 33.0 Å². The number of nitrogens with one attached hydrogen (secondary N) is 1. The third-order valence-electron chi connectivity index (χ3n) is 2.84. The Balaban J connectivity index is 2.12. The lowest BCUT2D eigenvalue weighted by molar-refractivity contribution is -0.127. The van der Waals surface area contributed by atoms with Crippen LogP contribution in [0, 0.1) is 0 Å². The molecule has 22 heavy (non-hydrogen) atoms. The van der Waals surface area contributed by atoms with Crippen molar-refractivity contribution < 1.29 is 13.2 Å². The van der Waals surface area contributed by atoms with Gasteiger partial charge < -0.3 is 4.90 Å². The van der Waals surface area contributed by atoms with E-state index in [0.29, 0.717) is 5.69 Å². The Morgan fingerprint density at radius 2 is 1.91 bits per heavy atom. The molecule has 2 rings (SSSR count). The fourth-order valence-electron chi connectivity index (χ4n) is 1.74. The van der Waals surface area contributed by atoms with Crippen LogP contribution in [0.5, 0.6) is 0 Å². The van der Waals surface area contributed by atoms with Crippen molar-refractivity contribution in [3.63, 3.8) is 0 Å². The summed E-state index contributed by atoms with van der Waals surface area (Å²) in [5.41, 5.74) is 2.15. The maximum Gasteiger partial charge on any atom is 0.229 e. The summed E-state index contributed by atoms with van der Waals surface area (Å²) in [6.45, 7) is 0. The first kappa shape index (κ1) is 16.4. The van der Waals surface area contributed by atoms with Crippen LogP contribution < -0.4 is 4.72 Å². The van der Waals surface area contributed by atoms with E-state index in [0.717, 1.165) is 22.5 Å². The zero-order valence-corrected chi connectivity index (χ0v) is 14.2. The highest BCUT2D eigenvalue weighted by Crippen LogP contribution is 2.24. The van der Waals surface area contributed by atoms with E-state index in [1.54, 1.807) is 38.4 Å². The average Bonchev–Trinajstić information content (AvgIpc) is 2.86. The van der Waals surface area contributed by atoms with Gasteiger partial charge in [0.05, 0.1) is 18.4 Å². The number of hydrogen-bond donors (Lipinski definition) is 1. The van der Waals surface area contributed by atoms with Crippen molar-refractivity contribution in [1.29, 1.82) is 0 Å². The summed E-state index contributed by atoms with van der Waals surface area (Å²) in [6.07, 6.45) is 1.39. The molecule has 1 heterocycles. The molecule has 0 aliphatic heterocycles. The maximum absolute atomic E-state index is 11.7. The van der Waals surface area contributed by atoms with Gasteiger partial charge in [0.1, 0.15) is 5.01 Å². The molecule has 0 radical (unpaired) electrons. The van der Waals surface area contributed by atoms with Crippen molar-refractivity contribution in [1.82, 2.24) is 9.88 Å². The van der Waals surface area contributed by atoms with Crippen LogP contribution in [0.3, 0.4) is 0 Å². The zero-order valence-electron chi connectivity index (χ0n) is 12.5. The second-order valence-electron chi connectivity index (χ2n) is 5.04. The molecule has 8 heteroatoms. The van der Waals surface area contributed by atoms with Crippen LogP contribution in [0.2, 0.25) is 0 Å². The molecule has 118 valence electrons. The minimum Gasteiger partial charge on any atom is -0.348 e. The molecule has 1 N–H and O–H groups in total. The third-order valence-corrected chi connectivity index (χ3v) is 4.29. The number of hydrogen-bond acceptors (Lipinski definition) is 5. The van der Waals surface area contributed by atoms with Gasteiger partial charge in [-0.05, 0) is 12.1 Å². The fourth-order valence-corrected chi connectivity index (χ4v) is 3.09. The lowest BCUT2D eigenvalue weighted by atomic mass is 10.1. The van der Waals surface area contributed by atoms with Crippen LogP contribution >= 0.6 is 11.3 Å².